The molecule has 0 saturated carbocycles. The number of benzene rings is 2. The summed E-state index contributed by atoms with van der Waals surface area (Å²) in [5.41, 5.74) is 4.72. The Hall–Kier alpha value is -2.39. The summed E-state index contributed by atoms with van der Waals surface area (Å²) in [6, 6.07) is 19.0. The maximum Gasteiger partial charge on any atom is 0.0801 e. The molecule has 0 radical (unpaired) electrons. The minimum atomic E-state index is 0.794. The second-order valence-electron chi connectivity index (χ2n) is 5.50. The normalized spacial score (nSPS) is 15.2. The van der Waals surface area contributed by atoms with E-state index in [1.807, 2.05) is 12.3 Å². The van der Waals surface area contributed by atoms with Crippen molar-refractivity contribution in [2.24, 2.45) is 0 Å². The van der Waals surface area contributed by atoms with Gasteiger partial charge in [0, 0.05) is 35.9 Å². The molecule has 0 spiro atoms. The predicted molar refractivity (Wildman–Crippen MR) is 90.2 cm³/mol. The number of fused-ring (bicyclic) bond motifs is 1. The highest BCUT2D eigenvalue weighted by Gasteiger charge is 2.15. The fraction of sp³-hybridized carbons (Fsp3) is 0.211. The molecule has 0 unspecified atom stereocenters. The Morgan fingerprint density at radius 2 is 1.68 bits per heavy atom. The number of aromatic nitrogens is 1. The van der Waals surface area contributed by atoms with E-state index in [0.29, 0.717) is 0 Å². The quantitative estimate of drug-likeness (QED) is 0.719. The van der Waals surface area contributed by atoms with Crippen molar-refractivity contribution in [2.75, 3.05) is 31.2 Å². The molecule has 22 heavy (non-hydrogen) atoms. The van der Waals surface area contributed by atoms with Gasteiger partial charge < -0.3 is 9.64 Å². The molecular weight excluding hydrogens is 272 g/mol. The van der Waals surface area contributed by atoms with Gasteiger partial charge in [0.05, 0.1) is 18.7 Å². The highest BCUT2D eigenvalue weighted by molar-refractivity contribution is 6.00. The van der Waals surface area contributed by atoms with Crippen LogP contribution in [0.25, 0.3) is 22.0 Å². The lowest BCUT2D eigenvalue weighted by Crippen LogP contribution is -2.36. The number of pyridine rings is 1. The van der Waals surface area contributed by atoms with Gasteiger partial charge in [-0.3, -0.25) is 4.98 Å². The molecule has 110 valence electrons. The summed E-state index contributed by atoms with van der Waals surface area (Å²) in [6.07, 6.45) is 1.92. The standard InChI is InChI=1S/C19H18N2O/c1-2-5-15(6-3-1)16-7-4-8-17-18(9-10-20-19(16)17)21-11-13-22-14-12-21/h1-10H,11-14H2. The van der Waals surface area contributed by atoms with E-state index in [4.69, 9.17) is 4.74 Å². The van der Waals surface area contributed by atoms with Crippen LogP contribution in [-0.4, -0.2) is 31.3 Å². The first-order valence-electron chi connectivity index (χ1n) is 7.69. The topological polar surface area (TPSA) is 25.4 Å². The average molecular weight is 290 g/mol. The highest BCUT2D eigenvalue weighted by Crippen LogP contribution is 2.32. The number of rotatable bonds is 2. The molecule has 1 fully saturated rings. The number of hydrogen-bond acceptors (Lipinski definition) is 3. The molecule has 2 heterocycles. The Morgan fingerprint density at radius 3 is 2.50 bits per heavy atom. The van der Waals surface area contributed by atoms with Crippen molar-refractivity contribution >= 4 is 16.6 Å². The van der Waals surface area contributed by atoms with Crippen LogP contribution in [0, 0.1) is 0 Å². The molecule has 4 rings (SSSR count). The maximum atomic E-state index is 5.47. The maximum absolute atomic E-state index is 5.47. The third kappa shape index (κ3) is 2.34. The van der Waals surface area contributed by atoms with Gasteiger partial charge >= 0.3 is 0 Å². The minimum absolute atomic E-state index is 0.794. The largest absolute Gasteiger partial charge is 0.378 e. The van der Waals surface area contributed by atoms with Crippen LogP contribution in [0.15, 0.2) is 60.8 Å². The smallest absolute Gasteiger partial charge is 0.0801 e. The van der Waals surface area contributed by atoms with Gasteiger partial charge in [-0.2, -0.15) is 0 Å². The van der Waals surface area contributed by atoms with Gasteiger partial charge in [0.25, 0.3) is 0 Å². The first-order chi connectivity index (χ1) is 10.9. The Bertz CT molecular complexity index is 780. The van der Waals surface area contributed by atoms with E-state index in [9.17, 15) is 0 Å². The molecule has 0 aliphatic carbocycles. The van der Waals surface area contributed by atoms with E-state index >= 15 is 0 Å². The van der Waals surface area contributed by atoms with Crippen molar-refractivity contribution in [3.05, 3.63) is 60.8 Å². The van der Waals surface area contributed by atoms with E-state index in [0.717, 1.165) is 31.8 Å². The van der Waals surface area contributed by atoms with Gasteiger partial charge in [0.2, 0.25) is 0 Å². The first kappa shape index (κ1) is 13.3. The van der Waals surface area contributed by atoms with Crippen LogP contribution in [0.1, 0.15) is 0 Å². The molecule has 3 nitrogen and oxygen atoms in total. The van der Waals surface area contributed by atoms with Crippen molar-refractivity contribution in [1.29, 1.82) is 0 Å². The molecule has 1 aliphatic heterocycles. The van der Waals surface area contributed by atoms with Crippen molar-refractivity contribution < 1.29 is 4.74 Å². The Balaban J connectivity index is 1.88. The summed E-state index contributed by atoms with van der Waals surface area (Å²) in [5, 5.41) is 1.21. The van der Waals surface area contributed by atoms with Crippen molar-refractivity contribution in [3.8, 4) is 11.1 Å². The predicted octanol–water partition coefficient (Wildman–Crippen LogP) is 3.74. The fourth-order valence-electron chi connectivity index (χ4n) is 3.09. The van der Waals surface area contributed by atoms with Gasteiger partial charge in [-0.1, -0.05) is 48.5 Å². The summed E-state index contributed by atoms with van der Waals surface area (Å²) in [4.78, 5) is 7.05. The number of hydrogen-bond donors (Lipinski definition) is 0. The van der Waals surface area contributed by atoms with Crippen LogP contribution in [0.5, 0.6) is 0 Å². The fourth-order valence-corrected chi connectivity index (χ4v) is 3.09. The van der Waals surface area contributed by atoms with E-state index in [-0.39, 0.29) is 0 Å². The lowest BCUT2D eigenvalue weighted by Gasteiger charge is -2.29. The van der Waals surface area contributed by atoms with Gasteiger partial charge in [-0.15, -0.1) is 0 Å². The molecule has 1 aliphatic rings. The number of para-hydroxylation sites is 1. The van der Waals surface area contributed by atoms with Crippen LogP contribution in [0.3, 0.4) is 0 Å². The molecule has 3 heteroatoms. The van der Waals surface area contributed by atoms with E-state index in [2.05, 4.69) is 58.4 Å². The number of nitrogens with zero attached hydrogens (tertiary/aromatic N) is 2. The lowest BCUT2D eigenvalue weighted by atomic mass is 10.0. The average Bonchev–Trinajstić information content (AvgIpc) is 2.62. The Morgan fingerprint density at radius 1 is 0.864 bits per heavy atom. The zero-order valence-electron chi connectivity index (χ0n) is 12.4. The summed E-state index contributed by atoms with van der Waals surface area (Å²) in [7, 11) is 0. The zero-order chi connectivity index (χ0) is 14.8. The number of ether oxygens (including phenoxy) is 1. The first-order valence-corrected chi connectivity index (χ1v) is 7.69. The van der Waals surface area contributed by atoms with Gasteiger partial charge in [-0.05, 0) is 11.6 Å². The number of anilines is 1. The number of morpholine rings is 1. The van der Waals surface area contributed by atoms with Crippen LogP contribution in [-0.2, 0) is 4.74 Å². The highest BCUT2D eigenvalue weighted by atomic mass is 16.5. The minimum Gasteiger partial charge on any atom is -0.378 e. The molecule has 1 aromatic heterocycles. The van der Waals surface area contributed by atoms with Gasteiger partial charge in [0.15, 0.2) is 0 Å². The zero-order valence-corrected chi connectivity index (χ0v) is 12.4. The van der Waals surface area contributed by atoms with Crippen molar-refractivity contribution in [3.63, 3.8) is 0 Å². The molecule has 0 amide bonds. The van der Waals surface area contributed by atoms with Crippen LogP contribution in [0.2, 0.25) is 0 Å². The van der Waals surface area contributed by atoms with E-state index in [1.54, 1.807) is 0 Å². The molecule has 2 aromatic carbocycles. The van der Waals surface area contributed by atoms with Crippen LogP contribution >= 0.6 is 0 Å². The van der Waals surface area contributed by atoms with E-state index in [1.165, 1.54) is 22.2 Å². The Kier molecular flexibility index (Phi) is 3.49. The van der Waals surface area contributed by atoms with E-state index < -0.39 is 0 Å². The molecular formula is C19H18N2O. The summed E-state index contributed by atoms with van der Waals surface area (Å²) in [5.74, 6) is 0. The molecule has 0 bridgehead atoms. The monoisotopic (exact) mass is 290 g/mol. The second-order valence-corrected chi connectivity index (χ2v) is 5.50. The second kappa shape index (κ2) is 5.78. The molecule has 0 atom stereocenters. The van der Waals surface area contributed by atoms with Gasteiger partial charge in [-0.25, -0.2) is 0 Å². The van der Waals surface area contributed by atoms with Crippen molar-refractivity contribution in [2.45, 2.75) is 0 Å². The third-order valence-corrected chi connectivity index (χ3v) is 4.18. The lowest BCUT2D eigenvalue weighted by molar-refractivity contribution is 0.123. The van der Waals surface area contributed by atoms with Gasteiger partial charge in [0.1, 0.15) is 0 Å². The third-order valence-electron chi connectivity index (χ3n) is 4.18. The molecule has 0 N–H and O–H groups in total. The Labute approximate surface area is 130 Å². The summed E-state index contributed by atoms with van der Waals surface area (Å²) >= 11 is 0. The van der Waals surface area contributed by atoms with Crippen molar-refractivity contribution in [1.82, 2.24) is 4.98 Å². The molecule has 1 saturated heterocycles. The molecule has 3 aromatic rings. The summed E-state index contributed by atoms with van der Waals surface area (Å²) in [6.45, 7) is 3.47. The summed E-state index contributed by atoms with van der Waals surface area (Å²) < 4.78 is 5.47. The van der Waals surface area contributed by atoms with Crippen LogP contribution < -0.4 is 4.90 Å². The van der Waals surface area contributed by atoms with Crippen LogP contribution in [0.4, 0.5) is 5.69 Å². The SMILES string of the molecule is c1ccc(-c2cccc3c(N4CCOCC4)ccnc23)cc1.